The second-order valence-corrected chi connectivity index (χ2v) is 7.54. The van der Waals surface area contributed by atoms with Crippen LogP contribution in [0.2, 0.25) is 0 Å². The highest BCUT2D eigenvalue weighted by atomic mass is 32.2. The Labute approximate surface area is 143 Å². The minimum absolute atomic E-state index is 0.205. The minimum atomic E-state index is -3.62. The predicted molar refractivity (Wildman–Crippen MR) is 95.1 cm³/mol. The molecule has 0 bridgehead atoms. The number of sulfonamides is 1. The second kappa shape index (κ2) is 7.19. The number of aromatic nitrogens is 1. The molecule has 1 N–H and O–H groups in total. The predicted octanol–water partition coefficient (Wildman–Crippen LogP) is 2.25. The summed E-state index contributed by atoms with van der Waals surface area (Å²) >= 11 is 0. The molecule has 0 saturated heterocycles. The normalized spacial score (nSPS) is 11.4. The van der Waals surface area contributed by atoms with E-state index in [4.69, 9.17) is 4.74 Å². The lowest BCUT2D eigenvalue weighted by molar-refractivity contribution is 0.413. The average Bonchev–Trinajstić information content (AvgIpc) is 2.52. The van der Waals surface area contributed by atoms with E-state index in [0.717, 1.165) is 11.4 Å². The molecular formula is C17H23N3O3S. The lowest BCUT2D eigenvalue weighted by Crippen LogP contribution is -2.25. The van der Waals surface area contributed by atoms with Gasteiger partial charge in [0.1, 0.15) is 11.6 Å². The first-order valence-corrected chi connectivity index (χ1v) is 9.00. The molecule has 0 aliphatic heterocycles. The van der Waals surface area contributed by atoms with Crippen LogP contribution >= 0.6 is 0 Å². The van der Waals surface area contributed by atoms with Gasteiger partial charge in [-0.1, -0.05) is 0 Å². The number of hydrogen-bond donors (Lipinski definition) is 1. The monoisotopic (exact) mass is 349 g/mol. The van der Waals surface area contributed by atoms with Crippen molar-refractivity contribution in [1.82, 2.24) is 9.71 Å². The van der Waals surface area contributed by atoms with E-state index in [1.165, 1.54) is 0 Å². The zero-order valence-corrected chi connectivity index (χ0v) is 15.4. The van der Waals surface area contributed by atoms with Gasteiger partial charge in [0.15, 0.2) is 0 Å². The fourth-order valence-corrected chi connectivity index (χ4v) is 3.98. The van der Waals surface area contributed by atoms with Crippen molar-refractivity contribution in [2.75, 3.05) is 26.1 Å². The number of hydrogen-bond acceptors (Lipinski definition) is 5. The van der Waals surface area contributed by atoms with E-state index in [1.54, 1.807) is 45.4 Å². The summed E-state index contributed by atoms with van der Waals surface area (Å²) in [5.41, 5.74) is 2.16. The summed E-state index contributed by atoms with van der Waals surface area (Å²) in [5, 5.41) is 0. The van der Waals surface area contributed by atoms with Crippen LogP contribution in [0.25, 0.3) is 0 Å². The van der Waals surface area contributed by atoms with Crippen molar-refractivity contribution in [1.29, 1.82) is 0 Å². The Kier molecular flexibility index (Phi) is 5.46. The van der Waals surface area contributed by atoms with Crippen molar-refractivity contribution in [2.45, 2.75) is 25.3 Å². The molecule has 0 atom stereocenters. The number of nitrogens with zero attached hydrogens (tertiary/aromatic N) is 2. The molecule has 24 heavy (non-hydrogen) atoms. The van der Waals surface area contributed by atoms with Gasteiger partial charge >= 0.3 is 0 Å². The molecule has 130 valence electrons. The van der Waals surface area contributed by atoms with E-state index in [1.807, 2.05) is 25.1 Å². The van der Waals surface area contributed by atoms with Gasteiger partial charge in [-0.3, -0.25) is 0 Å². The van der Waals surface area contributed by atoms with Crippen LogP contribution < -0.4 is 14.4 Å². The summed E-state index contributed by atoms with van der Waals surface area (Å²) in [5.74, 6) is 1.43. The van der Waals surface area contributed by atoms with Gasteiger partial charge in [0.25, 0.3) is 0 Å². The number of pyridine rings is 1. The van der Waals surface area contributed by atoms with E-state index >= 15 is 0 Å². The van der Waals surface area contributed by atoms with E-state index in [-0.39, 0.29) is 6.54 Å². The summed E-state index contributed by atoms with van der Waals surface area (Å²) in [6.45, 7) is 3.73. The molecule has 0 aliphatic carbocycles. The number of aryl methyl sites for hydroxylation is 2. The van der Waals surface area contributed by atoms with Gasteiger partial charge in [0.2, 0.25) is 10.0 Å². The Morgan fingerprint density at radius 2 is 1.79 bits per heavy atom. The van der Waals surface area contributed by atoms with Crippen LogP contribution in [-0.4, -0.2) is 34.6 Å². The number of benzene rings is 1. The van der Waals surface area contributed by atoms with Gasteiger partial charge in [0, 0.05) is 26.8 Å². The third-order valence-corrected chi connectivity index (χ3v) is 5.38. The molecule has 0 spiro atoms. The third kappa shape index (κ3) is 4.04. The highest BCUT2D eigenvalue weighted by Crippen LogP contribution is 2.25. The van der Waals surface area contributed by atoms with Crippen molar-refractivity contribution in [3.63, 3.8) is 0 Å². The third-order valence-electron chi connectivity index (χ3n) is 3.67. The van der Waals surface area contributed by atoms with Crippen molar-refractivity contribution in [2.24, 2.45) is 0 Å². The van der Waals surface area contributed by atoms with Gasteiger partial charge in [-0.15, -0.1) is 0 Å². The van der Waals surface area contributed by atoms with Crippen molar-refractivity contribution in [3.8, 4) is 5.75 Å². The molecule has 1 heterocycles. The number of rotatable bonds is 6. The minimum Gasteiger partial charge on any atom is -0.497 e. The summed E-state index contributed by atoms with van der Waals surface area (Å²) in [4.78, 5) is 6.39. The first kappa shape index (κ1) is 18.2. The smallest absolute Gasteiger partial charge is 0.241 e. The second-order valence-electron chi connectivity index (χ2n) is 5.83. The highest BCUT2D eigenvalue weighted by molar-refractivity contribution is 7.89. The molecular weight excluding hydrogens is 326 g/mol. The first-order valence-electron chi connectivity index (χ1n) is 7.51. The van der Waals surface area contributed by atoms with Crippen LogP contribution in [0.4, 0.5) is 5.82 Å². The molecule has 1 aromatic heterocycles. The van der Waals surface area contributed by atoms with E-state index in [2.05, 4.69) is 9.71 Å². The maximum atomic E-state index is 12.7. The van der Waals surface area contributed by atoms with Gasteiger partial charge < -0.3 is 9.64 Å². The van der Waals surface area contributed by atoms with Gasteiger partial charge in [0.05, 0.1) is 12.0 Å². The molecule has 2 rings (SSSR count). The summed E-state index contributed by atoms with van der Waals surface area (Å²) in [6.07, 6.45) is 1.67. The maximum absolute atomic E-state index is 12.7. The van der Waals surface area contributed by atoms with E-state index in [0.29, 0.717) is 21.8 Å². The largest absolute Gasteiger partial charge is 0.497 e. The van der Waals surface area contributed by atoms with Crippen LogP contribution in [0.5, 0.6) is 5.75 Å². The number of ether oxygens (including phenoxy) is 1. The quantitative estimate of drug-likeness (QED) is 0.866. The van der Waals surface area contributed by atoms with Crippen molar-refractivity contribution in [3.05, 3.63) is 47.2 Å². The van der Waals surface area contributed by atoms with Crippen LogP contribution in [0.3, 0.4) is 0 Å². The molecule has 6 nitrogen and oxygen atoms in total. The molecule has 7 heteroatoms. The van der Waals surface area contributed by atoms with Crippen LogP contribution in [0, 0.1) is 13.8 Å². The average molecular weight is 349 g/mol. The summed E-state index contributed by atoms with van der Waals surface area (Å²) in [6, 6.07) is 7.09. The summed E-state index contributed by atoms with van der Waals surface area (Å²) < 4.78 is 33.2. The highest BCUT2D eigenvalue weighted by Gasteiger charge is 2.20. The Hall–Kier alpha value is -2.12. The Morgan fingerprint density at radius 1 is 1.17 bits per heavy atom. The molecule has 2 aromatic rings. The van der Waals surface area contributed by atoms with Gasteiger partial charge in [-0.25, -0.2) is 18.1 Å². The Balaban J connectivity index is 2.25. The fourth-order valence-electron chi connectivity index (χ4n) is 2.52. The fraction of sp³-hybridized carbons (Fsp3) is 0.353. The Bertz CT molecular complexity index is 810. The topological polar surface area (TPSA) is 71.5 Å². The number of anilines is 1. The molecule has 0 radical (unpaired) electrons. The Morgan fingerprint density at radius 3 is 2.33 bits per heavy atom. The zero-order valence-electron chi connectivity index (χ0n) is 14.6. The molecule has 1 aromatic carbocycles. The maximum Gasteiger partial charge on any atom is 0.241 e. The SMILES string of the molecule is COc1cc(C)c(S(=O)(=O)NCc2ccnc(N(C)C)c2)c(C)c1. The van der Waals surface area contributed by atoms with Crippen LogP contribution in [0.15, 0.2) is 35.4 Å². The van der Waals surface area contributed by atoms with Crippen LogP contribution in [0.1, 0.15) is 16.7 Å². The molecule has 0 aliphatic rings. The molecule has 0 fully saturated rings. The summed E-state index contributed by atoms with van der Waals surface area (Å²) in [7, 11) is 1.72. The van der Waals surface area contributed by atoms with Crippen molar-refractivity contribution < 1.29 is 13.2 Å². The molecule has 0 unspecified atom stereocenters. The number of methoxy groups -OCH3 is 1. The van der Waals surface area contributed by atoms with Crippen molar-refractivity contribution >= 4 is 15.8 Å². The first-order chi connectivity index (χ1) is 11.2. The standard InChI is InChI=1S/C17H23N3O3S/c1-12-8-15(23-5)9-13(2)17(12)24(21,22)19-11-14-6-7-18-16(10-14)20(3)4/h6-10,19H,11H2,1-5H3. The van der Waals surface area contributed by atoms with Gasteiger partial charge in [-0.2, -0.15) is 0 Å². The molecule has 0 saturated carbocycles. The lowest BCUT2D eigenvalue weighted by atomic mass is 10.1. The lowest BCUT2D eigenvalue weighted by Gasteiger charge is -2.15. The van der Waals surface area contributed by atoms with Gasteiger partial charge in [-0.05, 0) is 54.8 Å². The zero-order chi connectivity index (χ0) is 17.9. The van der Waals surface area contributed by atoms with Crippen LogP contribution in [-0.2, 0) is 16.6 Å². The number of nitrogens with one attached hydrogen (secondary N) is 1. The van der Waals surface area contributed by atoms with E-state index in [9.17, 15) is 8.42 Å². The van der Waals surface area contributed by atoms with E-state index < -0.39 is 10.0 Å². The molecule has 0 amide bonds.